The van der Waals surface area contributed by atoms with Gasteiger partial charge in [0, 0.05) is 13.2 Å². The molecule has 2 aromatic heterocycles. The van der Waals surface area contributed by atoms with Crippen LogP contribution >= 0.6 is 15.9 Å². The van der Waals surface area contributed by atoms with Crippen molar-refractivity contribution in [3.05, 3.63) is 28.3 Å². The van der Waals surface area contributed by atoms with Gasteiger partial charge >= 0.3 is 0 Å². The van der Waals surface area contributed by atoms with E-state index in [0.29, 0.717) is 0 Å². The molecular weight excluding hydrogens is 280 g/mol. The number of hydrogen-bond acceptors (Lipinski definition) is 3. The molecule has 0 amide bonds. The first kappa shape index (κ1) is 10.7. The summed E-state index contributed by atoms with van der Waals surface area (Å²) in [5.41, 5.74) is 5.84. The highest BCUT2D eigenvalue weighted by molar-refractivity contribution is 9.10. The molecule has 0 aliphatic heterocycles. The van der Waals surface area contributed by atoms with E-state index < -0.39 is 0 Å². The number of fused-ring (bicyclic) bond motifs is 3. The van der Waals surface area contributed by atoms with Crippen molar-refractivity contribution in [3.63, 3.8) is 0 Å². The number of aromatic nitrogens is 4. The second-order valence-corrected chi connectivity index (χ2v) is 4.92. The zero-order valence-electron chi connectivity index (χ0n) is 9.82. The summed E-state index contributed by atoms with van der Waals surface area (Å²) in [6.45, 7) is 4.01. The number of halogens is 1. The van der Waals surface area contributed by atoms with E-state index in [4.69, 9.17) is 0 Å². The lowest BCUT2D eigenvalue weighted by Gasteiger charge is -2.03. The minimum absolute atomic E-state index is 0.811. The third kappa shape index (κ3) is 1.45. The molecule has 0 aliphatic rings. The van der Waals surface area contributed by atoms with Crippen LogP contribution in [-0.2, 0) is 7.05 Å². The Balaban J connectivity index is 2.62. The molecular formula is C12H11BrN4. The van der Waals surface area contributed by atoms with Crippen LogP contribution in [0.1, 0.15) is 11.3 Å². The van der Waals surface area contributed by atoms with Gasteiger partial charge in [0.15, 0.2) is 4.73 Å². The molecule has 0 unspecified atom stereocenters. The fourth-order valence-corrected chi connectivity index (χ4v) is 2.48. The van der Waals surface area contributed by atoms with Crippen LogP contribution in [0.3, 0.4) is 0 Å². The lowest BCUT2D eigenvalue weighted by Crippen LogP contribution is -1.93. The van der Waals surface area contributed by atoms with Gasteiger partial charge in [0.05, 0.1) is 16.7 Å². The Labute approximate surface area is 107 Å². The number of benzene rings is 1. The largest absolute Gasteiger partial charge is 0.321 e. The zero-order valence-corrected chi connectivity index (χ0v) is 11.4. The second-order valence-electron chi connectivity index (χ2n) is 4.21. The lowest BCUT2D eigenvalue weighted by molar-refractivity contribution is 0.909. The third-order valence-corrected chi connectivity index (χ3v) is 3.62. The van der Waals surface area contributed by atoms with Gasteiger partial charge in [-0.2, -0.15) is 0 Å². The van der Waals surface area contributed by atoms with Crippen molar-refractivity contribution in [1.29, 1.82) is 0 Å². The van der Waals surface area contributed by atoms with Gasteiger partial charge in [0.2, 0.25) is 0 Å². The van der Waals surface area contributed by atoms with Crippen LogP contribution in [0.5, 0.6) is 0 Å². The van der Waals surface area contributed by atoms with Crippen molar-refractivity contribution in [2.24, 2.45) is 7.05 Å². The number of nitrogens with zero attached hydrogens (tertiary/aromatic N) is 4. The SMILES string of the molecule is Cc1cnc2cc(C)c3c(nc(Br)n3C)c2n1. The normalized spacial score (nSPS) is 11.5. The van der Waals surface area contributed by atoms with Gasteiger partial charge in [0.25, 0.3) is 0 Å². The van der Waals surface area contributed by atoms with Crippen LogP contribution < -0.4 is 0 Å². The molecule has 3 rings (SSSR count). The highest BCUT2D eigenvalue weighted by Crippen LogP contribution is 2.27. The van der Waals surface area contributed by atoms with Crippen LogP contribution in [-0.4, -0.2) is 19.5 Å². The van der Waals surface area contributed by atoms with E-state index in [2.05, 4.69) is 43.9 Å². The second kappa shape index (κ2) is 3.50. The molecule has 4 nitrogen and oxygen atoms in total. The van der Waals surface area contributed by atoms with E-state index in [1.54, 1.807) is 6.20 Å². The van der Waals surface area contributed by atoms with Crippen LogP contribution in [0.25, 0.3) is 22.1 Å². The fraction of sp³-hybridized carbons (Fsp3) is 0.250. The molecule has 5 heteroatoms. The van der Waals surface area contributed by atoms with Crippen molar-refractivity contribution in [3.8, 4) is 0 Å². The molecule has 86 valence electrons. The van der Waals surface area contributed by atoms with Crippen molar-refractivity contribution >= 4 is 38.0 Å². The first-order valence-electron chi connectivity index (χ1n) is 5.33. The van der Waals surface area contributed by atoms with Crippen molar-refractivity contribution < 1.29 is 0 Å². The Morgan fingerprint density at radius 3 is 2.71 bits per heavy atom. The topological polar surface area (TPSA) is 43.6 Å². The van der Waals surface area contributed by atoms with Gasteiger partial charge in [-0.25, -0.2) is 9.97 Å². The summed E-state index contributed by atoms with van der Waals surface area (Å²) < 4.78 is 2.83. The van der Waals surface area contributed by atoms with Crippen LogP contribution in [0, 0.1) is 13.8 Å². The van der Waals surface area contributed by atoms with Crippen molar-refractivity contribution in [2.75, 3.05) is 0 Å². The van der Waals surface area contributed by atoms with Gasteiger partial charge in [-0.1, -0.05) is 0 Å². The fourth-order valence-electron chi connectivity index (χ4n) is 2.13. The lowest BCUT2D eigenvalue weighted by atomic mass is 10.1. The average molecular weight is 291 g/mol. The molecule has 1 aromatic carbocycles. The zero-order chi connectivity index (χ0) is 12.2. The third-order valence-electron chi connectivity index (χ3n) is 2.91. The minimum atomic E-state index is 0.811. The number of rotatable bonds is 0. The van der Waals surface area contributed by atoms with Crippen LogP contribution in [0.2, 0.25) is 0 Å². The summed E-state index contributed by atoms with van der Waals surface area (Å²) >= 11 is 3.45. The number of imidazole rings is 1. The molecule has 0 N–H and O–H groups in total. The maximum Gasteiger partial charge on any atom is 0.177 e. The molecule has 2 heterocycles. The van der Waals surface area contributed by atoms with Gasteiger partial charge in [-0.05, 0) is 41.4 Å². The summed E-state index contributed by atoms with van der Waals surface area (Å²) in [5, 5.41) is 0. The summed E-state index contributed by atoms with van der Waals surface area (Å²) in [6, 6.07) is 2.05. The average Bonchev–Trinajstić information content (AvgIpc) is 2.58. The van der Waals surface area contributed by atoms with Crippen molar-refractivity contribution in [1.82, 2.24) is 19.5 Å². The first-order chi connectivity index (χ1) is 8.08. The van der Waals surface area contributed by atoms with Crippen molar-refractivity contribution in [2.45, 2.75) is 13.8 Å². The summed E-state index contributed by atoms with van der Waals surface area (Å²) in [7, 11) is 1.99. The summed E-state index contributed by atoms with van der Waals surface area (Å²) in [5.74, 6) is 0. The van der Waals surface area contributed by atoms with E-state index in [1.165, 1.54) is 0 Å². The highest BCUT2D eigenvalue weighted by atomic mass is 79.9. The van der Waals surface area contributed by atoms with Crippen LogP contribution in [0.15, 0.2) is 17.0 Å². The number of aryl methyl sites for hydroxylation is 3. The predicted molar refractivity (Wildman–Crippen MR) is 71.0 cm³/mol. The van der Waals surface area contributed by atoms with Gasteiger partial charge in [0.1, 0.15) is 11.0 Å². The van der Waals surface area contributed by atoms with E-state index in [-0.39, 0.29) is 0 Å². The Hall–Kier alpha value is -1.49. The summed E-state index contributed by atoms with van der Waals surface area (Å²) in [6.07, 6.45) is 1.78. The number of hydrogen-bond donors (Lipinski definition) is 0. The molecule has 0 aliphatic carbocycles. The smallest absolute Gasteiger partial charge is 0.177 e. The molecule has 3 aromatic rings. The molecule has 0 atom stereocenters. The molecule has 0 radical (unpaired) electrons. The van der Waals surface area contributed by atoms with E-state index in [1.807, 2.05) is 18.5 Å². The molecule has 0 spiro atoms. The standard InChI is InChI=1S/C12H11BrN4/c1-6-4-8-9(15-7(2)5-14-8)10-11(6)17(3)12(13)16-10/h4-5H,1-3H3. The Kier molecular flexibility index (Phi) is 2.19. The van der Waals surface area contributed by atoms with Crippen LogP contribution in [0.4, 0.5) is 0 Å². The molecule has 0 saturated heterocycles. The van der Waals surface area contributed by atoms with Gasteiger partial charge in [-0.3, -0.25) is 4.98 Å². The quantitative estimate of drug-likeness (QED) is 0.639. The Morgan fingerprint density at radius 2 is 1.94 bits per heavy atom. The van der Waals surface area contributed by atoms with Gasteiger partial charge < -0.3 is 4.57 Å². The molecule has 0 saturated carbocycles. The Bertz CT molecular complexity index is 745. The van der Waals surface area contributed by atoms with E-state index in [0.717, 1.165) is 38.1 Å². The molecule has 17 heavy (non-hydrogen) atoms. The van der Waals surface area contributed by atoms with E-state index >= 15 is 0 Å². The van der Waals surface area contributed by atoms with Gasteiger partial charge in [-0.15, -0.1) is 0 Å². The molecule has 0 fully saturated rings. The minimum Gasteiger partial charge on any atom is -0.321 e. The highest BCUT2D eigenvalue weighted by Gasteiger charge is 2.13. The van der Waals surface area contributed by atoms with E-state index in [9.17, 15) is 0 Å². The summed E-state index contributed by atoms with van der Waals surface area (Å²) in [4.78, 5) is 13.5. The monoisotopic (exact) mass is 290 g/mol. The molecule has 0 bridgehead atoms. The Morgan fingerprint density at radius 1 is 1.18 bits per heavy atom. The maximum atomic E-state index is 4.54. The maximum absolute atomic E-state index is 4.54. The predicted octanol–water partition coefficient (Wildman–Crippen LogP) is 2.90. The first-order valence-corrected chi connectivity index (χ1v) is 6.12.